The van der Waals surface area contributed by atoms with Gasteiger partial charge in [0, 0.05) is 26.2 Å². The lowest BCUT2D eigenvalue weighted by molar-refractivity contribution is 0.876. The maximum absolute atomic E-state index is 5.78. The van der Waals surface area contributed by atoms with Crippen molar-refractivity contribution in [3.8, 4) is 22.6 Å². The molecule has 23 heavy (non-hydrogen) atoms. The molecule has 0 unspecified atom stereocenters. The summed E-state index contributed by atoms with van der Waals surface area (Å²) < 4.78 is 4.06. The highest BCUT2D eigenvalue weighted by molar-refractivity contribution is 5.85. The maximum Gasteiger partial charge on any atom is 0.0984 e. The van der Waals surface area contributed by atoms with Crippen LogP contribution in [-0.4, -0.2) is 19.1 Å². The van der Waals surface area contributed by atoms with E-state index >= 15 is 0 Å². The van der Waals surface area contributed by atoms with Crippen LogP contribution in [0.3, 0.4) is 0 Å². The van der Waals surface area contributed by atoms with Gasteiger partial charge >= 0.3 is 0 Å². The summed E-state index contributed by atoms with van der Waals surface area (Å²) in [5.41, 5.74) is 13.6. The van der Waals surface area contributed by atoms with Crippen molar-refractivity contribution in [1.82, 2.24) is 19.1 Å². The first kappa shape index (κ1) is 17.2. The van der Waals surface area contributed by atoms with E-state index in [0.29, 0.717) is 6.54 Å². The molecule has 2 N–H and O–H groups in total. The molecule has 0 bridgehead atoms. The van der Waals surface area contributed by atoms with Gasteiger partial charge in [-0.1, -0.05) is 12.1 Å². The van der Waals surface area contributed by atoms with Crippen LogP contribution in [0.1, 0.15) is 16.7 Å². The SMILES string of the molecule is Cc1cc(CN)cc(C)c1-c1ncn(C)c1-c1cncn1C.Cl. The summed E-state index contributed by atoms with van der Waals surface area (Å²) in [5.74, 6) is 0. The molecule has 0 aliphatic heterocycles. The van der Waals surface area contributed by atoms with E-state index in [0.717, 1.165) is 22.6 Å². The monoisotopic (exact) mass is 331 g/mol. The van der Waals surface area contributed by atoms with Crippen LogP contribution in [0.5, 0.6) is 0 Å². The number of nitrogens with zero attached hydrogens (tertiary/aromatic N) is 4. The van der Waals surface area contributed by atoms with E-state index in [2.05, 4.69) is 35.9 Å². The predicted octanol–water partition coefficient (Wildman–Crippen LogP) is 2.98. The van der Waals surface area contributed by atoms with E-state index < -0.39 is 0 Å². The normalized spacial score (nSPS) is 10.7. The first-order valence-corrected chi connectivity index (χ1v) is 7.31. The summed E-state index contributed by atoms with van der Waals surface area (Å²) in [6, 6.07) is 4.29. The highest BCUT2D eigenvalue weighted by Crippen LogP contribution is 2.34. The third-order valence-corrected chi connectivity index (χ3v) is 4.06. The molecule has 0 spiro atoms. The minimum Gasteiger partial charge on any atom is -0.332 e. The molecule has 5 nitrogen and oxygen atoms in total. The summed E-state index contributed by atoms with van der Waals surface area (Å²) in [6.07, 6.45) is 5.54. The van der Waals surface area contributed by atoms with Crippen molar-refractivity contribution in [2.75, 3.05) is 0 Å². The summed E-state index contributed by atoms with van der Waals surface area (Å²) >= 11 is 0. The molecule has 3 aromatic rings. The van der Waals surface area contributed by atoms with Gasteiger partial charge in [0.2, 0.25) is 0 Å². The van der Waals surface area contributed by atoms with Crippen molar-refractivity contribution in [1.29, 1.82) is 0 Å². The van der Waals surface area contributed by atoms with Crippen LogP contribution in [0.4, 0.5) is 0 Å². The first-order chi connectivity index (χ1) is 10.5. The topological polar surface area (TPSA) is 61.7 Å². The van der Waals surface area contributed by atoms with E-state index in [-0.39, 0.29) is 12.4 Å². The van der Waals surface area contributed by atoms with Gasteiger partial charge in [-0.25, -0.2) is 9.97 Å². The molecule has 0 aliphatic carbocycles. The Hall–Kier alpha value is -2.11. The molecular formula is C17H22ClN5. The average molecular weight is 332 g/mol. The Kier molecular flexibility index (Phi) is 4.92. The molecule has 3 rings (SSSR count). The average Bonchev–Trinajstić information content (AvgIpc) is 3.04. The first-order valence-electron chi connectivity index (χ1n) is 7.31. The molecular weight excluding hydrogens is 310 g/mol. The Morgan fingerprint density at radius 1 is 1.04 bits per heavy atom. The van der Waals surface area contributed by atoms with Gasteiger partial charge in [-0.05, 0) is 30.5 Å². The molecule has 0 fully saturated rings. The number of aryl methyl sites for hydroxylation is 4. The molecule has 2 heterocycles. The quantitative estimate of drug-likeness (QED) is 0.802. The number of hydrogen-bond donors (Lipinski definition) is 1. The standard InChI is InChI=1S/C17H21N5.ClH/c1-11-5-13(7-18)6-12(2)15(11)16-17(22(4)10-20-16)14-8-19-9-21(14)3;/h5-6,8-10H,7,18H2,1-4H3;1H. The highest BCUT2D eigenvalue weighted by atomic mass is 35.5. The van der Waals surface area contributed by atoms with Gasteiger partial charge in [0.25, 0.3) is 0 Å². The fourth-order valence-corrected chi connectivity index (χ4v) is 3.05. The second-order valence-corrected chi connectivity index (χ2v) is 5.75. The van der Waals surface area contributed by atoms with E-state index in [1.807, 2.05) is 42.1 Å². The molecule has 0 aliphatic rings. The fraction of sp³-hybridized carbons (Fsp3) is 0.294. The third kappa shape index (κ3) is 2.90. The van der Waals surface area contributed by atoms with Gasteiger partial charge in [-0.15, -0.1) is 12.4 Å². The van der Waals surface area contributed by atoms with Gasteiger partial charge in [0.05, 0.1) is 35.9 Å². The van der Waals surface area contributed by atoms with Crippen molar-refractivity contribution in [3.05, 3.63) is 47.7 Å². The number of benzene rings is 1. The Bertz CT molecular complexity index is 808. The van der Waals surface area contributed by atoms with Crippen LogP contribution in [0.25, 0.3) is 22.6 Å². The second-order valence-electron chi connectivity index (χ2n) is 5.75. The zero-order valence-corrected chi connectivity index (χ0v) is 14.7. The number of nitrogens with two attached hydrogens (primary N) is 1. The van der Waals surface area contributed by atoms with Gasteiger partial charge in [0.1, 0.15) is 0 Å². The van der Waals surface area contributed by atoms with Gasteiger partial charge < -0.3 is 14.9 Å². The molecule has 2 aromatic heterocycles. The Morgan fingerprint density at radius 3 is 2.22 bits per heavy atom. The molecule has 0 saturated carbocycles. The van der Waals surface area contributed by atoms with Gasteiger partial charge in [-0.2, -0.15) is 0 Å². The van der Waals surface area contributed by atoms with Crippen molar-refractivity contribution >= 4 is 12.4 Å². The molecule has 6 heteroatoms. The summed E-state index contributed by atoms with van der Waals surface area (Å²) in [6.45, 7) is 4.78. The summed E-state index contributed by atoms with van der Waals surface area (Å²) in [4.78, 5) is 8.88. The lowest BCUT2D eigenvalue weighted by atomic mass is 9.95. The number of hydrogen-bond acceptors (Lipinski definition) is 3. The highest BCUT2D eigenvalue weighted by Gasteiger charge is 2.19. The third-order valence-electron chi connectivity index (χ3n) is 4.06. The van der Waals surface area contributed by atoms with E-state index in [9.17, 15) is 0 Å². The van der Waals surface area contributed by atoms with E-state index in [4.69, 9.17) is 5.73 Å². The number of halogens is 1. The van der Waals surface area contributed by atoms with Crippen molar-refractivity contribution < 1.29 is 0 Å². The minimum absolute atomic E-state index is 0. The number of imidazole rings is 2. The van der Waals surface area contributed by atoms with Crippen molar-refractivity contribution in [2.45, 2.75) is 20.4 Å². The van der Waals surface area contributed by atoms with E-state index in [1.54, 1.807) is 0 Å². The van der Waals surface area contributed by atoms with Crippen LogP contribution in [-0.2, 0) is 20.6 Å². The molecule has 0 amide bonds. The van der Waals surface area contributed by atoms with Gasteiger partial charge in [-0.3, -0.25) is 0 Å². The molecule has 0 saturated heterocycles. The molecule has 0 radical (unpaired) electrons. The zero-order chi connectivity index (χ0) is 15.9. The number of rotatable bonds is 3. The maximum atomic E-state index is 5.78. The Labute approximate surface area is 142 Å². The van der Waals surface area contributed by atoms with Crippen molar-refractivity contribution in [2.24, 2.45) is 19.8 Å². The van der Waals surface area contributed by atoms with Crippen LogP contribution >= 0.6 is 12.4 Å². The van der Waals surface area contributed by atoms with Gasteiger partial charge in [0.15, 0.2) is 0 Å². The largest absolute Gasteiger partial charge is 0.332 e. The molecule has 0 atom stereocenters. The second kappa shape index (κ2) is 6.56. The smallest absolute Gasteiger partial charge is 0.0984 e. The van der Waals surface area contributed by atoms with Crippen LogP contribution < -0.4 is 5.73 Å². The molecule has 122 valence electrons. The van der Waals surface area contributed by atoms with E-state index in [1.165, 1.54) is 16.7 Å². The van der Waals surface area contributed by atoms with Crippen LogP contribution in [0, 0.1) is 13.8 Å². The Balaban J connectivity index is 0.00000192. The lowest BCUT2D eigenvalue weighted by Gasteiger charge is -2.13. The van der Waals surface area contributed by atoms with Crippen LogP contribution in [0.15, 0.2) is 31.0 Å². The lowest BCUT2D eigenvalue weighted by Crippen LogP contribution is -2.01. The predicted molar refractivity (Wildman–Crippen MR) is 95.5 cm³/mol. The summed E-state index contributed by atoms with van der Waals surface area (Å²) in [7, 11) is 4.01. The minimum atomic E-state index is 0. The molecule has 1 aromatic carbocycles. The van der Waals surface area contributed by atoms with Crippen molar-refractivity contribution in [3.63, 3.8) is 0 Å². The zero-order valence-electron chi connectivity index (χ0n) is 13.9. The fourth-order valence-electron chi connectivity index (χ4n) is 3.05. The van der Waals surface area contributed by atoms with Crippen LogP contribution in [0.2, 0.25) is 0 Å². The summed E-state index contributed by atoms with van der Waals surface area (Å²) in [5, 5.41) is 0. The Morgan fingerprint density at radius 2 is 1.70 bits per heavy atom. The number of aromatic nitrogens is 4.